The van der Waals surface area contributed by atoms with Gasteiger partial charge in [-0.3, -0.25) is 4.79 Å². The third-order valence-electron chi connectivity index (χ3n) is 6.52. The summed E-state index contributed by atoms with van der Waals surface area (Å²) in [6.45, 7) is 0.789. The maximum Gasteiger partial charge on any atom is 0.407 e. The van der Waals surface area contributed by atoms with Crippen LogP contribution in [0, 0.1) is 5.92 Å². The summed E-state index contributed by atoms with van der Waals surface area (Å²) in [5.41, 5.74) is 4.49. The minimum absolute atomic E-state index is 0.0736. The number of ether oxygens (including phenoxy) is 3. The van der Waals surface area contributed by atoms with Crippen molar-refractivity contribution in [3.05, 3.63) is 59.7 Å². The predicted octanol–water partition coefficient (Wildman–Crippen LogP) is 2.54. The Labute approximate surface area is 203 Å². The first-order valence-corrected chi connectivity index (χ1v) is 11.7. The molecule has 0 saturated carbocycles. The lowest BCUT2D eigenvalue weighted by Crippen LogP contribution is -2.50. The summed E-state index contributed by atoms with van der Waals surface area (Å²) in [6, 6.07) is 14.5. The number of methoxy groups -OCH3 is 1. The third kappa shape index (κ3) is 5.63. The van der Waals surface area contributed by atoms with Crippen molar-refractivity contribution < 1.29 is 33.7 Å². The van der Waals surface area contributed by atoms with E-state index in [1.165, 1.54) is 7.11 Å². The van der Waals surface area contributed by atoms with Crippen LogP contribution in [-0.4, -0.2) is 68.7 Å². The molecule has 9 heteroatoms. The number of hydrogen-bond acceptors (Lipinski definition) is 6. The van der Waals surface area contributed by atoms with Crippen LogP contribution in [0.4, 0.5) is 4.79 Å². The molecule has 1 heterocycles. The molecular formula is C26H30N2O7. The summed E-state index contributed by atoms with van der Waals surface area (Å²) >= 11 is 0. The molecule has 186 valence electrons. The van der Waals surface area contributed by atoms with Gasteiger partial charge in [0.2, 0.25) is 5.91 Å². The van der Waals surface area contributed by atoms with Gasteiger partial charge in [-0.25, -0.2) is 9.59 Å². The van der Waals surface area contributed by atoms with Crippen molar-refractivity contribution in [2.24, 2.45) is 5.92 Å². The second-order valence-electron chi connectivity index (χ2n) is 8.75. The lowest BCUT2D eigenvalue weighted by molar-refractivity contribution is -0.142. The molecular weight excluding hydrogens is 452 g/mol. The first-order valence-electron chi connectivity index (χ1n) is 11.7. The largest absolute Gasteiger partial charge is 0.480 e. The molecule has 3 N–H and O–H groups in total. The summed E-state index contributed by atoms with van der Waals surface area (Å²) in [4.78, 5) is 36.9. The first-order chi connectivity index (χ1) is 17.0. The van der Waals surface area contributed by atoms with Crippen molar-refractivity contribution >= 4 is 18.0 Å². The summed E-state index contributed by atoms with van der Waals surface area (Å²) < 4.78 is 15.9. The van der Waals surface area contributed by atoms with Crippen LogP contribution in [0.2, 0.25) is 0 Å². The van der Waals surface area contributed by atoms with Crippen molar-refractivity contribution in [1.82, 2.24) is 10.6 Å². The van der Waals surface area contributed by atoms with Gasteiger partial charge in [-0.2, -0.15) is 0 Å². The van der Waals surface area contributed by atoms with Crippen LogP contribution in [0.1, 0.15) is 29.9 Å². The minimum Gasteiger partial charge on any atom is -0.480 e. The molecule has 2 amide bonds. The average Bonchev–Trinajstić information content (AvgIpc) is 3.44. The predicted molar refractivity (Wildman–Crippen MR) is 127 cm³/mol. The zero-order chi connectivity index (χ0) is 24.8. The number of carbonyl (C=O) groups excluding carboxylic acids is 2. The average molecular weight is 483 g/mol. The van der Waals surface area contributed by atoms with E-state index in [1.807, 2.05) is 36.4 Å². The second-order valence-corrected chi connectivity index (χ2v) is 8.75. The number of rotatable bonds is 10. The maximum atomic E-state index is 12.7. The van der Waals surface area contributed by atoms with Crippen molar-refractivity contribution in [3.8, 4) is 11.1 Å². The molecule has 0 spiro atoms. The van der Waals surface area contributed by atoms with Crippen LogP contribution in [0.15, 0.2) is 48.5 Å². The molecule has 9 nitrogen and oxygen atoms in total. The normalized spacial score (nSPS) is 19.5. The van der Waals surface area contributed by atoms with Crippen LogP contribution in [-0.2, 0) is 23.8 Å². The molecule has 2 aliphatic rings. The zero-order valence-electron chi connectivity index (χ0n) is 19.6. The number of benzene rings is 2. The van der Waals surface area contributed by atoms with Crippen LogP contribution in [0.5, 0.6) is 0 Å². The molecule has 0 radical (unpaired) electrons. The number of carbonyl (C=O) groups is 3. The summed E-state index contributed by atoms with van der Waals surface area (Å²) in [5, 5.41) is 14.7. The molecule has 2 aromatic carbocycles. The molecule has 1 aliphatic carbocycles. The van der Waals surface area contributed by atoms with Gasteiger partial charge in [0.25, 0.3) is 0 Å². The summed E-state index contributed by atoms with van der Waals surface area (Å²) in [5.74, 6) is -2.37. The van der Waals surface area contributed by atoms with Gasteiger partial charge in [-0.1, -0.05) is 48.5 Å². The molecule has 0 bridgehead atoms. The Hall–Kier alpha value is -3.43. The first kappa shape index (κ1) is 24.7. The third-order valence-corrected chi connectivity index (χ3v) is 6.52. The number of carboxylic acid groups (broad SMARTS) is 1. The summed E-state index contributed by atoms with van der Waals surface area (Å²) in [7, 11) is 1.53. The zero-order valence-corrected chi connectivity index (χ0v) is 19.6. The standard InChI is InChI=1S/C26H30N2O7/c1-33-12-6-11-22(25(30)31)27-24(29)21-13-34-15-23(21)28-26(32)35-14-20-18-9-4-2-7-16(18)17-8-3-5-10-19(17)20/h2-5,7-10,20-23H,6,11-15H2,1H3,(H,27,29)(H,28,32)(H,30,31). The lowest BCUT2D eigenvalue weighted by atomic mass is 9.98. The molecule has 0 aromatic heterocycles. The topological polar surface area (TPSA) is 123 Å². The number of hydrogen-bond donors (Lipinski definition) is 3. The van der Waals surface area contributed by atoms with E-state index in [4.69, 9.17) is 14.2 Å². The van der Waals surface area contributed by atoms with E-state index in [0.29, 0.717) is 13.0 Å². The summed E-state index contributed by atoms with van der Waals surface area (Å²) in [6.07, 6.45) is 0.0959. The van der Waals surface area contributed by atoms with Gasteiger partial charge in [-0.05, 0) is 35.1 Å². The van der Waals surface area contributed by atoms with Crippen molar-refractivity contribution in [2.75, 3.05) is 33.5 Å². The molecule has 4 rings (SSSR count). The highest BCUT2D eigenvalue weighted by Gasteiger charge is 2.37. The number of nitrogens with one attached hydrogen (secondary N) is 2. The van der Waals surface area contributed by atoms with Gasteiger partial charge in [0.05, 0.1) is 25.2 Å². The molecule has 3 unspecified atom stereocenters. The number of amides is 2. The number of fused-ring (bicyclic) bond motifs is 3. The minimum atomic E-state index is -1.12. The van der Waals surface area contributed by atoms with E-state index < -0.39 is 36.0 Å². The molecule has 1 saturated heterocycles. The van der Waals surface area contributed by atoms with E-state index in [2.05, 4.69) is 22.8 Å². The fraction of sp³-hybridized carbons (Fsp3) is 0.423. The highest BCUT2D eigenvalue weighted by molar-refractivity contribution is 5.86. The highest BCUT2D eigenvalue weighted by atomic mass is 16.5. The highest BCUT2D eigenvalue weighted by Crippen LogP contribution is 2.44. The second kappa shape index (κ2) is 11.3. The Balaban J connectivity index is 1.33. The SMILES string of the molecule is COCCCC(NC(=O)C1COCC1NC(=O)OCC1c2ccccc2-c2ccccc21)C(=O)O. The Kier molecular flexibility index (Phi) is 7.99. The fourth-order valence-electron chi connectivity index (χ4n) is 4.71. The Morgan fingerprint density at radius 3 is 2.34 bits per heavy atom. The number of carboxylic acids is 1. The maximum absolute atomic E-state index is 12.7. The molecule has 3 atom stereocenters. The van der Waals surface area contributed by atoms with Gasteiger partial charge >= 0.3 is 12.1 Å². The van der Waals surface area contributed by atoms with E-state index >= 15 is 0 Å². The van der Waals surface area contributed by atoms with Crippen LogP contribution < -0.4 is 10.6 Å². The smallest absolute Gasteiger partial charge is 0.407 e. The van der Waals surface area contributed by atoms with Crippen molar-refractivity contribution in [1.29, 1.82) is 0 Å². The van der Waals surface area contributed by atoms with Gasteiger partial charge in [-0.15, -0.1) is 0 Å². The van der Waals surface area contributed by atoms with E-state index in [1.54, 1.807) is 0 Å². The Morgan fingerprint density at radius 2 is 1.71 bits per heavy atom. The monoisotopic (exact) mass is 482 g/mol. The Bertz CT molecular complexity index is 1030. The van der Waals surface area contributed by atoms with Crippen LogP contribution in [0.3, 0.4) is 0 Å². The van der Waals surface area contributed by atoms with Gasteiger partial charge < -0.3 is 30.0 Å². The number of aliphatic carboxylic acids is 1. The van der Waals surface area contributed by atoms with Gasteiger partial charge in [0.15, 0.2) is 0 Å². The van der Waals surface area contributed by atoms with Crippen molar-refractivity contribution in [3.63, 3.8) is 0 Å². The van der Waals surface area contributed by atoms with E-state index in [-0.39, 0.29) is 32.2 Å². The molecule has 1 aliphatic heterocycles. The fourth-order valence-corrected chi connectivity index (χ4v) is 4.71. The Morgan fingerprint density at radius 1 is 1.06 bits per heavy atom. The lowest BCUT2D eigenvalue weighted by Gasteiger charge is -2.22. The quantitative estimate of drug-likeness (QED) is 0.445. The van der Waals surface area contributed by atoms with Crippen LogP contribution >= 0.6 is 0 Å². The van der Waals surface area contributed by atoms with E-state index in [9.17, 15) is 19.5 Å². The molecule has 2 aromatic rings. The van der Waals surface area contributed by atoms with E-state index in [0.717, 1.165) is 22.3 Å². The van der Waals surface area contributed by atoms with Crippen molar-refractivity contribution in [2.45, 2.75) is 30.8 Å². The molecule has 1 fully saturated rings. The van der Waals surface area contributed by atoms with Crippen LogP contribution in [0.25, 0.3) is 11.1 Å². The number of alkyl carbamates (subject to hydrolysis) is 1. The van der Waals surface area contributed by atoms with Gasteiger partial charge in [0, 0.05) is 19.6 Å². The van der Waals surface area contributed by atoms with Gasteiger partial charge in [0.1, 0.15) is 12.6 Å². The molecule has 35 heavy (non-hydrogen) atoms.